The maximum atomic E-state index is 10.9. The first kappa shape index (κ1) is 61.1. The molecule has 0 aliphatic heterocycles. The van der Waals surface area contributed by atoms with Crippen molar-refractivity contribution in [2.45, 2.75) is 148 Å². The number of thiocarbonyl (C=S) groups is 1. The minimum absolute atomic E-state index is 0.0987. The van der Waals surface area contributed by atoms with E-state index in [1.165, 1.54) is 78.7 Å². The molecule has 88 heavy (non-hydrogen) atoms. The topological polar surface area (TPSA) is 30.3 Å². The number of hydrogen-bond donors (Lipinski definition) is 0. The van der Waals surface area contributed by atoms with Crippen LogP contribution < -0.4 is 9.80 Å². The summed E-state index contributed by atoms with van der Waals surface area (Å²) in [4.78, 5) is 4.80. The fraction of sp³-hybridized carbons (Fsp3) is 0.317. The van der Waals surface area contributed by atoms with Crippen molar-refractivity contribution in [2.24, 2.45) is 10.8 Å². The average Bonchev–Trinajstić information content (AvgIpc) is 1.67. The number of rotatable bonds is 20. The second kappa shape index (κ2) is 24.3. The van der Waals surface area contributed by atoms with Gasteiger partial charge in [-0.15, -0.1) is 23.5 Å². The molecule has 3 aliphatic carbocycles. The Bertz CT molecular complexity index is 4080. The van der Waals surface area contributed by atoms with Crippen LogP contribution in [0.5, 0.6) is 0 Å². The van der Waals surface area contributed by atoms with E-state index in [9.17, 15) is 5.26 Å². The van der Waals surface area contributed by atoms with Gasteiger partial charge in [-0.25, -0.2) is 0 Å². The maximum Gasteiger partial charge on any atom is 0.104 e. The number of fused-ring (bicyclic) bond motifs is 7. The Kier molecular flexibility index (Phi) is 16.9. The standard InChI is InChI=1S/C82H85N3S3/c1-12-46-81(9,78(3,4)54-83)53-61(50-73(60-31-29-57-28-30-58(57)48-60)82(10,47-13-2)88-77(86)87-11)59-36-43-69-71-45-42-67(52-76(71)80(7,8)74(69)49-59)85(63-24-18-15-19-25-63)65-39-34-56(35-40-65)55-32-37-64(38-33-55)84(62-22-16-14-17-23-62)66-41-44-70-68-26-20-21-27-72(68)79(5,6)75(70)51-66/h14-27,29,31-45,48-49,51-52,61,73H,12-13,28,30,46-47,50,53H2,1-11H3. The fourth-order valence-corrected chi connectivity index (χ4v) is 17.9. The summed E-state index contributed by atoms with van der Waals surface area (Å²) in [5.41, 5.74) is 24.5. The number of hydrogen-bond acceptors (Lipinski definition) is 6. The molecule has 3 nitrogen and oxygen atoms in total. The smallest absolute Gasteiger partial charge is 0.104 e. The molecule has 0 heterocycles. The number of nitriles is 1. The lowest BCUT2D eigenvalue weighted by molar-refractivity contribution is 0.103. The summed E-state index contributed by atoms with van der Waals surface area (Å²) in [5.74, 6) is 0.444. The van der Waals surface area contributed by atoms with Gasteiger partial charge in [0.2, 0.25) is 0 Å². The Hall–Kier alpha value is -7.14. The van der Waals surface area contributed by atoms with Crippen LogP contribution in [-0.4, -0.2) is 14.5 Å². The fourth-order valence-electron chi connectivity index (χ4n) is 15.3. The number of nitrogens with zero attached hydrogens (tertiary/aromatic N) is 3. The Balaban J connectivity index is 0.870. The molecular weight excluding hydrogens is 1120 g/mol. The highest BCUT2D eigenvalue weighted by molar-refractivity contribution is 8.47. The van der Waals surface area contributed by atoms with Crippen molar-refractivity contribution in [1.82, 2.24) is 0 Å². The largest absolute Gasteiger partial charge is 0.310 e. The van der Waals surface area contributed by atoms with E-state index in [4.69, 9.17) is 12.2 Å². The molecule has 9 aromatic rings. The van der Waals surface area contributed by atoms with Crippen molar-refractivity contribution in [3.63, 3.8) is 0 Å². The van der Waals surface area contributed by atoms with E-state index in [0.29, 0.717) is 0 Å². The number of benzene rings is 9. The SMILES string of the molecule is CCCC(C)(SC(=S)SC)C(CC(CC(C)(CCC)C(C)(C)C#N)c1ccc2c(c1)C(C)(C)c1cc(N(c3ccccc3)c3ccc(-c4ccc(N(c5ccccc5)c5ccc6c(c5)C(C)(C)c5ccccc5-6)cc4)cc3)ccc1-2)c1ccc2c(c1)CC2. The van der Waals surface area contributed by atoms with Gasteiger partial charge < -0.3 is 9.80 Å². The van der Waals surface area contributed by atoms with Gasteiger partial charge in [0, 0.05) is 49.7 Å². The van der Waals surface area contributed by atoms with Gasteiger partial charge in [0.1, 0.15) is 3.53 Å². The van der Waals surface area contributed by atoms with Crippen molar-refractivity contribution in [2.75, 3.05) is 16.1 Å². The highest BCUT2D eigenvalue weighted by Crippen LogP contribution is 2.58. The van der Waals surface area contributed by atoms with E-state index in [-0.39, 0.29) is 32.8 Å². The summed E-state index contributed by atoms with van der Waals surface area (Å²) < 4.78 is 0.899. The molecular formula is C82H85N3S3. The molecule has 446 valence electrons. The van der Waals surface area contributed by atoms with Crippen LogP contribution >= 0.6 is 35.7 Å². The lowest BCUT2D eigenvalue weighted by Crippen LogP contribution is -2.37. The molecule has 0 fully saturated rings. The molecule has 0 saturated heterocycles. The highest BCUT2D eigenvalue weighted by atomic mass is 32.2. The first-order valence-corrected chi connectivity index (χ1v) is 34.5. The van der Waals surface area contributed by atoms with E-state index in [0.717, 1.165) is 88.2 Å². The van der Waals surface area contributed by atoms with Gasteiger partial charge >= 0.3 is 0 Å². The molecule has 4 unspecified atom stereocenters. The van der Waals surface area contributed by atoms with Gasteiger partial charge in [0.25, 0.3) is 0 Å². The predicted molar refractivity (Wildman–Crippen MR) is 384 cm³/mol. The third-order valence-electron chi connectivity index (χ3n) is 20.9. The lowest BCUT2D eigenvalue weighted by atomic mass is 9.59. The monoisotopic (exact) mass is 1210 g/mol. The van der Waals surface area contributed by atoms with Crippen LogP contribution in [0.3, 0.4) is 0 Å². The molecule has 0 saturated carbocycles. The number of anilines is 6. The van der Waals surface area contributed by atoms with Crippen molar-refractivity contribution >= 4 is 73.4 Å². The molecule has 4 atom stereocenters. The Morgan fingerprint density at radius 1 is 0.511 bits per heavy atom. The Morgan fingerprint density at radius 2 is 0.966 bits per heavy atom. The van der Waals surface area contributed by atoms with Gasteiger partial charge in [-0.2, -0.15) is 5.26 Å². The van der Waals surface area contributed by atoms with Crippen molar-refractivity contribution in [3.8, 4) is 39.4 Å². The van der Waals surface area contributed by atoms with Gasteiger partial charge in [-0.1, -0.05) is 207 Å². The molecule has 0 spiro atoms. The third kappa shape index (κ3) is 11.2. The van der Waals surface area contributed by atoms with Crippen LogP contribution in [0.2, 0.25) is 0 Å². The first-order chi connectivity index (χ1) is 42.3. The van der Waals surface area contributed by atoms with Gasteiger partial charge in [-0.3, -0.25) is 0 Å². The maximum absolute atomic E-state index is 10.9. The van der Waals surface area contributed by atoms with Crippen LogP contribution in [0.1, 0.15) is 164 Å². The third-order valence-corrected chi connectivity index (χ3v) is 23.9. The average molecular weight is 1210 g/mol. The molecule has 0 N–H and O–H groups in total. The Morgan fingerprint density at radius 3 is 1.47 bits per heavy atom. The zero-order chi connectivity index (χ0) is 61.8. The number of thioether (sulfide) groups is 2. The van der Waals surface area contributed by atoms with E-state index < -0.39 is 5.41 Å². The van der Waals surface area contributed by atoms with Crippen LogP contribution in [-0.2, 0) is 23.7 Å². The van der Waals surface area contributed by atoms with E-state index in [2.05, 4.69) is 298 Å². The molecule has 0 amide bonds. The number of aryl methyl sites for hydroxylation is 2. The van der Waals surface area contributed by atoms with Crippen LogP contribution in [0.25, 0.3) is 33.4 Å². The first-order valence-electron chi connectivity index (χ1n) is 32.1. The summed E-state index contributed by atoms with van der Waals surface area (Å²) in [5, 5.41) is 10.9. The zero-order valence-electron chi connectivity index (χ0n) is 53.5. The lowest BCUT2D eigenvalue weighted by Gasteiger charge is -2.45. The molecule has 0 bridgehead atoms. The van der Waals surface area contributed by atoms with Crippen LogP contribution in [0.15, 0.2) is 206 Å². The second-order valence-electron chi connectivity index (χ2n) is 27.4. The van der Waals surface area contributed by atoms with E-state index in [1.54, 1.807) is 11.8 Å². The molecule has 9 aromatic carbocycles. The van der Waals surface area contributed by atoms with Gasteiger partial charge in [0.15, 0.2) is 0 Å². The number of para-hydroxylation sites is 2. The Labute approximate surface area is 540 Å². The van der Waals surface area contributed by atoms with Crippen molar-refractivity contribution in [3.05, 3.63) is 251 Å². The normalized spacial score (nSPS) is 16.0. The van der Waals surface area contributed by atoms with Crippen molar-refractivity contribution < 1.29 is 0 Å². The molecule has 0 radical (unpaired) electrons. The summed E-state index contributed by atoms with van der Waals surface area (Å²) in [6, 6.07) is 80.5. The zero-order valence-corrected chi connectivity index (χ0v) is 56.0. The quantitative estimate of drug-likeness (QED) is 0.0707. The van der Waals surface area contributed by atoms with E-state index in [1.807, 2.05) is 11.8 Å². The van der Waals surface area contributed by atoms with E-state index >= 15 is 0 Å². The molecule has 12 rings (SSSR count). The minimum atomic E-state index is -0.519. The summed E-state index contributed by atoms with van der Waals surface area (Å²) >= 11 is 9.73. The van der Waals surface area contributed by atoms with Gasteiger partial charge in [-0.05, 0) is 233 Å². The van der Waals surface area contributed by atoms with Crippen molar-refractivity contribution in [1.29, 1.82) is 5.26 Å². The van der Waals surface area contributed by atoms with Crippen LogP contribution in [0.4, 0.5) is 34.1 Å². The molecule has 3 aliphatic rings. The second-order valence-corrected chi connectivity index (χ2v) is 30.9. The summed E-state index contributed by atoms with van der Waals surface area (Å²) in [6.45, 7) is 23.5. The predicted octanol–water partition coefficient (Wildman–Crippen LogP) is 23.9. The summed E-state index contributed by atoms with van der Waals surface area (Å²) in [7, 11) is 0. The minimum Gasteiger partial charge on any atom is -0.310 e. The van der Waals surface area contributed by atoms with Crippen LogP contribution in [0, 0.1) is 22.2 Å². The van der Waals surface area contributed by atoms with Gasteiger partial charge in [0.05, 0.1) is 11.5 Å². The molecule has 0 aromatic heterocycles. The summed E-state index contributed by atoms with van der Waals surface area (Å²) in [6.07, 6.45) is 10.5. The highest BCUT2D eigenvalue weighted by Gasteiger charge is 2.46. The molecule has 6 heteroatoms.